The summed E-state index contributed by atoms with van der Waals surface area (Å²) in [5.41, 5.74) is 7.58. The molecule has 0 radical (unpaired) electrons. The van der Waals surface area contributed by atoms with Crippen molar-refractivity contribution < 1.29 is 0 Å². The highest BCUT2D eigenvalue weighted by Gasteiger charge is 2.12. The Hall–Kier alpha value is -2.66. The number of fused-ring (bicyclic) bond motifs is 1. The number of imidazole rings is 1. The number of hydrogen-bond acceptors (Lipinski definition) is 4. The lowest BCUT2D eigenvalue weighted by Gasteiger charge is -2.08. The van der Waals surface area contributed by atoms with Crippen molar-refractivity contribution >= 4 is 27.1 Å². The van der Waals surface area contributed by atoms with Gasteiger partial charge in [0.1, 0.15) is 11.6 Å². The Labute approximate surface area is 125 Å². The van der Waals surface area contributed by atoms with Crippen LogP contribution in [0.2, 0.25) is 0 Å². The van der Waals surface area contributed by atoms with Gasteiger partial charge in [-0.1, -0.05) is 12.1 Å². The fraction of sp³-hybridized carbons (Fsp3) is 0. The first-order valence-electron chi connectivity index (χ1n) is 6.55. The maximum atomic E-state index is 5.88. The molecule has 4 rings (SSSR count). The summed E-state index contributed by atoms with van der Waals surface area (Å²) in [4.78, 5) is 8.99. The summed E-state index contributed by atoms with van der Waals surface area (Å²) in [5, 5.41) is 3.21. The van der Waals surface area contributed by atoms with Crippen molar-refractivity contribution in [2.45, 2.75) is 0 Å². The Kier molecular flexibility index (Phi) is 2.72. The summed E-state index contributed by atoms with van der Waals surface area (Å²) < 4.78 is 3.22. The average molecular weight is 292 g/mol. The number of hydrogen-bond donors (Lipinski definition) is 1. The van der Waals surface area contributed by atoms with Crippen LogP contribution in [0.4, 0.5) is 5.69 Å². The molecule has 4 nitrogen and oxygen atoms in total. The third-order valence-corrected chi connectivity index (χ3v) is 4.25. The van der Waals surface area contributed by atoms with Gasteiger partial charge in [0.2, 0.25) is 0 Å². The van der Waals surface area contributed by atoms with Gasteiger partial charge < -0.3 is 5.73 Å². The summed E-state index contributed by atoms with van der Waals surface area (Å²) in [5.74, 6) is 1.73. The predicted octanol–water partition coefficient (Wildman–Crippen LogP) is 3.73. The van der Waals surface area contributed by atoms with Crippen molar-refractivity contribution in [1.82, 2.24) is 14.5 Å². The molecule has 1 aromatic carbocycles. The molecule has 4 aromatic rings. The molecule has 0 aliphatic rings. The second-order valence-electron chi connectivity index (χ2n) is 4.71. The molecular weight excluding hydrogens is 280 g/mol. The third kappa shape index (κ3) is 1.98. The molecule has 0 aliphatic heterocycles. The second-order valence-corrected chi connectivity index (χ2v) is 5.66. The van der Waals surface area contributed by atoms with E-state index < -0.39 is 0 Å². The highest BCUT2D eigenvalue weighted by atomic mass is 32.1. The number of anilines is 1. The van der Waals surface area contributed by atoms with Crippen LogP contribution >= 0.6 is 11.3 Å². The van der Waals surface area contributed by atoms with Gasteiger partial charge in [0.05, 0.1) is 0 Å². The van der Waals surface area contributed by atoms with Crippen LogP contribution in [0.3, 0.4) is 0 Å². The van der Waals surface area contributed by atoms with E-state index in [9.17, 15) is 0 Å². The summed E-state index contributed by atoms with van der Waals surface area (Å²) in [6.45, 7) is 0. The number of pyridine rings is 1. The van der Waals surface area contributed by atoms with Crippen LogP contribution < -0.4 is 5.73 Å². The van der Waals surface area contributed by atoms with Crippen molar-refractivity contribution in [3.8, 4) is 17.2 Å². The molecule has 0 aliphatic carbocycles. The average Bonchev–Trinajstić information content (AvgIpc) is 3.16. The van der Waals surface area contributed by atoms with Crippen LogP contribution in [0.15, 0.2) is 60.4 Å². The minimum absolute atomic E-state index is 0.726. The molecule has 0 atom stereocenters. The number of benzene rings is 1. The fourth-order valence-electron chi connectivity index (χ4n) is 2.44. The van der Waals surface area contributed by atoms with Crippen LogP contribution in [0.25, 0.3) is 27.3 Å². The SMILES string of the molecule is Nc1cccc(-c2nccn2-c2nccc3sccc23)c1. The lowest BCUT2D eigenvalue weighted by molar-refractivity contribution is 1.02. The number of nitrogens with zero attached hydrogens (tertiary/aromatic N) is 3. The molecule has 0 saturated carbocycles. The molecule has 2 N–H and O–H groups in total. The van der Waals surface area contributed by atoms with Crippen LogP contribution in [0.1, 0.15) is 0 Å². The minimum Gasteiger partial charge on any atom is -0.399 e. The van der Waals surface area contributed by atoms with E-state index in [1.54, 1.807) is 17.5 Å². The van der Waals surface area contributed by atoms with Crippen LogP contribution in [0.5, 0.6) is 0 Å². The van der Waals surface area contributed by atoms with Gasteiger partial charge in [0.15, 0.2) is 0 Å². The minimum atomic E-state index is 0.726. The molecule has 0 bridgehead atoms. The zero-order chi connectivity index (χ0) is 14.2. The zero-order valence-corrected chi connectivity index (χ0v) is 11.9. The predicted molar refractivity (Wildman–Crippen MR) is 86.6 cm³/mol. The number of aromatic nitrogens is 3. The number of rotatable bonds is 2. The van der Waals surface area contributed by atoms with Gasteiger partial charge in [0, 0.05) is 39.9 Å². The Morgan fingerprint density at radius 3 is 2.90 bits per heavy atom. The van der Waals surface area contributed by atoms with E-state index in [1.807, 2.05) is 47.3 Å². The number of nitrogens with two attached hydrogens (primary N) is 1. The first kappa shape index (κ1) is 12.1. The lowest BCUT2D eigenvalue weighted by atomic mass is 10.2. The van der Waals surface area contributed by atoms with Crippen molar-refractivity contribution in [1.29, 1.82) is 0 Å². The quantitative estimate of drug-likeness (QED) is 0.573. The smallest absolute Gasteiger partial charge is 0.147 e. The molecule has 21 heavy (non-hydrogen) atoms. The van der Waals surface area contributed by atoms with E-state index in [0.29, 0.717) is 0 Å². The Morgan fingerprint density at radius 1 is 1.05 bits per heavy atom. The maximum absolute atomic E-state index is 5.88. The monoisotopic (exact) mass is 292 g/mol. The topological polar surface area (TPSA) is 56.7 Å². The molecule has 5 heteroatoms. The van der Waals surface area contributed by atoms with Gasteiger partial charge in [-0.2, -0.15) is 0 Å². The molecule has 0 saturated heterocycles. The Balaban J connectivity index is 1.95. The molecule has 3 heterocycles. The molecule has 0 fully saturated rings. The van der Waals surface area contributed by atoms with Gasteiger partial charge in [-0.05, 0) is 29.6 Å². The van der Waals surface area contributed by atoms with Gasteiger partial charge in [-0.3, -0.25) is 4.57 Å². The third-order valence-electron chi connectivity index (χ3n) is 3.37. The summed E-state index contributed by atoms with van der Waals surface area (Å²) in [6, 6.07) is 11.8. The molecule has 0 amide bonds. The fourth-order valence-corrected chi connectivity index (χ4v) is 3.21. The van der Waals surface area contributed by atoms with Crippen LogP contribution in [-0.4, -0.2) is 14.5 Å². The van der Waals surface area contributed by atoms with E-state index in [4.69, 9.17) is 5.73 Å². The van der Waals surface area contributed by atoms with Crippen LogP contribution in [0, 0.1) is 0 Å². The van der Waals surface area contributed by atoms with Gasteiger partial charge >= 0.3 is 0 Å². The standard InChI is InChI=1S/C16H12N4S/c17-12-3-1-2-11(10-12)15-19-7-8-20(15)16-13-5-9-21-14(13)4-6-18-16/h1-10H,17H2. The Bertz CT molecular complexity index is 923. The van der Waals surface area contributed by atoms with Crippen molar-refractivity contribution in [2.75, 3.05) is 5.73 Å². The van der Waals surface area contributed by atoms with Crippen molar-refractivity contribution in [3.05, 3.63) is 60.4 Å². The highest BCUT2D eigenvalue weighted by Crippen LogP contribution is 2.28. The first-order chi connectivity index (χ1) is 10.3. The van der Waals surface area contributed by atoms with Crippen LogP contribution in [-0.2, 0) is 0 Å². The molecule has 0 unspecified atom stereocenters. The van der Waals surface area contributed by atoms with E-state index in [2.05, 4.69) is 21.4 Å². The molecule has 0 spiro atoms. The van der Waals surface area contributed by atoms with Crippen molar-refractivity contribution in [3.63, 3.8) is 0 Å². The largest absolute Gasteiger partial charge is 0.399 e. The van der Waals surface area contributed by atoms with E-state index >= 15 is 0 Å². The maximum Gasteiger partial charge on any atom is 0.147 e. The van der Waals surface area contributed by atoms with Gasteiger partial charge in [-0.25, -0.2) is 9.97 Å². The normalized spacial score (nSPS) is 11.0. The number of thiophene rings is 1. The summed E-state index contributed by atoms with van der Waals surface area (Å²) in [7, 11) is 0. The molecule has 102 valence electrons. The van der Waals surface area contributed by atoms with Gasteiger partial charge in [-0.15, -0.1) is 11.3 Å². The first-order valence-corrected chi connectivity index (χ1v) is 7.43. The highest BCUT2D eigenvalue weighted by molar-refractivity contribution is 7.17. The summed E-state index contributed by atoms with van der Waals surface area (Å²) >= 11 is 1.71. The second kappa shape index (κ2) is 4.71. The van der Waals surface area contributed by atoms with E-state index in [0.717, 1.165) is 28.3 Å². The number of nitrogen functional groups attached to an aromatic ring is 1. The Morgan fingerprint density at radius 2 is 2.00 bits per heavy atom. The zero-order valence-electron chi connectivity index (χ0n) is 11.1. The van der Waals surface area contributed by atoms with Crippen molar-refractivity contribution in [2.24, 2.45) is 0 Å². The summed E-state index contributed by atoms with van der Waals surface area (Å²) in [6.07, 6.45) is 5.54. The lowest BCUT2D eigenvalue weighted by Crippen LogP contribution is -1.99. The van der Waals surface area contributed by atoms with E-state index in [-0.39, 0.29) is 0 Å². The van der Waals surface area contributed by atoms with E-state index in [1.165, 1.54) is 4.70 Å². The molecule has 3 aromatic heterocycles. The molecular formula is C16H12N4S. The van der Waals surface area contributed by atoms with Gasteiger partial charge in [0.25, 0.3) is 0 Å².